The molecule has 14 heavy (non-hydrogen) atoms. The Balaban J connectivity index is 1.72. The molecule has 0 aliphatic heterocycles. The molecule has 0 nitrogen and oxygen atoms in total. The molecule has 3 saturated carbocycles. The molecule has 72 valence electrons. The predicted octanol–water partition coefficient (Wildman–Crippen LogP) is 3.16. The second-order valence-corrected chi connectivity index (χ2v) is 6.37. The Hall–Kier alpha value is -0.520. The minimum absolute atomic E-state index is 0.713. The monoisotopic (exact) mass is 184 g/mol. The standard InChI is InChI=1S/C14H16/c1-2-11-12-9(3-4-13(12)5-6-13)10(1)14(11)7-8-14/h1-4,9-12H,5-8H2/t9-,10+,11+,12-/m1/s1. The molecule has 2 bridgehead atoms. The SMILES string of the molecule is C1=CC2(CC2)[C@@H]2[C@H]1[C@@H]1C=C[C@@H]2C12CC2. The molecule has 5 aliphatic carbocycles. The van der Waals surface area contributed by atoms with Crippen molar-refractivity contribution in [2.45, 2.75) is 25.7 Å². The van der Waals surface area contributed by atoms with Crippen molar-refractivity contribution in [3.8, 4) is 0 Å². The maximum absolute atomic E-state index is 2.59. The van der Waals surface area contributed by atoms with Crippen molar-refractivity contribution < 1.29 is 0 Å². The van der Waals surface area contributed by atoms with E-state index in [9.17, 15) is 0 Å². The summed E-state index contributed by atoms with van der Waals surface area (Å²) in [5, 5.41) is 0. The summed E-state index contributed by atoms with van der Waals surface area (Å²) in [6.07, 6.45) is 16.4. The summed E-state index contributed by atoms with van der Waals surface area (Å²) in [6.45, 7) is 0. The quantitative estimate of drug-likeness (QED) is 0.507. The Labute approximate surface area is 85.1 Å². The Morgan fingerprint density at radius 3 is 2.36 bits per heavy atom. The lowest BCUT2D eigenvalue weighted by atomic mass is 9.78. The molecule has 5 aliphatic rings. The normalized spacial score (nSPS) is 56.0. The van der Waals surface area contributed by atoms with Crippen molar-refractivity contribution in [3.05, 3.63) is 24.3 Å². The van der Waals surface area contributed by atoms with Crippen LogP contribution in [0.25, 0.3) is 0 Å². The third kappa shape index (κ3) is 0.495. The highest BCUT2D eigenvalue weighted by Gasteiger charge is 2.72. The number of hydrogen-bond donors (Lipinski definition) is 0. The fraction of sp³-hybridized carbons (Fsp3) is 0.714. The maximum Gasteiger partial charge on any atom is -0.00776 e. The van der Waals surface area contributed by atoms with Crippen molar-refractivity contribution in [3.63, 3.8) is 0 Å². The average molecular weight is 184 g/mol. The molecule has 0 N–H and O–H groups in total. The van der Waals surface area contributed by atoms with E-state index in [0.717, 1.165) is 29.1 Å². The first-order valence-corrected chi connectivity index (χ1v) is 6.24. The second kappa shape index (κ2) is 1.66. The molecule has 0 amide bonds. The van der Waals surface area contributed by atoms with Gasteiger partial charge in [0.05, 0.1) is 0 Å². The van der Waals surface area contributed by atoms with E-state index < -0.39 is 0 Å². The van der Waals surface area contributed by atoms with Gasteiger partial charge in [0.25, 0.3) is 0 Å². The topological polar surface area (TPSA) is 0 Å². The highest BCUT2D eigenvalue weighted by molar-refractivity contribution is 5.38. The van der Waals surface area contributed by atoms with E-state index in [0.29, 0.717) is 5.41 Å². The molecular formula is C14H16. The van der Waals surface area contributed by atoms with E-state index >= 15 is 0 Å². The van der Waals surface area contributed by atoms with Gasteiger partial charge in [-0.15, -0.1) is 0 Å². The van der Waals surface area contributed by atoms with Gasteiger partial charge in [-0.1, -0.05) is 24.3 Å². The summed E-state index contributed by atoms with van der Waals surface area (Å²) in [5.41, 5.74) is 1.51. The van der Waals surface area contributed by atoms with E-state index in [4.69, 9.17) is 0 Å². The summed E-state index contributed by atoms with van der Waals surface area (Å²) in [6, 6.07) is 0. The highest BCUT2D eigenvalue weighted by atomic mass is 14.8. The highest BCUT2D eigenvalue weighted by Crippen LogP contribution is 2.79. The summed E-state index contributed by atoms with van der Waals surface area (Å²) >= 11 is 0. The number of hydrogen-bond acceptors (Lipinski definition) is 0. The zero-order valence-corrected chi connectivity index (χ0v) is 8.45. The average Bonchev–Trinajstić information content (AvgIpc) is 3.02. The largest absolute Gasteiger partial charge is 0.0842 e. The Morgan fingerprint density at radius 1 is 0.857 bits per heavy atom. The first-order valence-electron chi connectivity index (χ1n) is 6.24. The van der Waals surface area contributed by atoms with Crippen LogP contribution < -0.4 is 0 Å². The van der Waals surface area contributed by atoms with Crippen molar-refractivity contribution >= 4 is 0 Å². The molecule has 0 aromatic heterocycles. The van der Waals surface area contributed by atoms with Gasteiger partial charge in [0.2, 0.25) is 0 Å². The molecule has 0 unspecified atom stereocenters. The zero-order chi connectivity index (χ0) is 8.97. The Morgan fingerprint density at radius 2 is 1.64 bits per heavy atom. The van der Waals surface area contributed by atoms with Crippen LogP contribution in [0.2, 0.25) is 0 Å². The van der Waals surface area contributed by atoms with Gasteiger partial charge in [-0.2, -0.15) is 0 Å². The summed E-state index contributed by atoms with van der Waals surface area (Å²) in [5.74, 6) is 3.93. The molecule has 0 saturated heterocycles. The van der Waals surface area contributed by atoms with Gasteiger partial charge in [-0.25, -0.2) is 0 Å². The van der Waals surface area contributed by atoms with Crippen LogP contribution in [0.1, 0.15) is 25.7 Å². The van der Waals surface area contributed by atoms with Crippen LogP contribution in [0.4, 0.5) is 0 Å². The van der Waals surface area contributed by atoms with Gasteiger partial charge in [-0.3, -0.25) is 0 Å². The van der Waals surface area contributed by atoms with Crippen molar-refractivity contribution in [2.75, 3.05) is 0 Å². The van der Waals surface area contributed by atoms with Crippen LogP contribution in [-0.4, -0.2) is 0 Å². The van der Waals surface area contributed by atoms with Gasteiger partial charge in [0.15, 0.2) is 0 Å². The first kappa shape index (κ1) is 6.87. The lowest BCUT2D eigenvalue weighted by molar-refractivity contribution is 0.277. The third-order valence-electron chi connectivity index (χ3n) is 6.04. The van der Waals surface area contributed by atoms with Gasteiger partial charge in [0, 0.05) is 0 Å². The predicted molar refractivity (Wildman–Crippen MR) is 55.6 cm³/mol. The zero-order valence-electron chi connectivity index (χ0n) is 8.45. The summed E-state index contributed by atoms with van der Waals surface area (Å²) in [7, 11) is 0. The van der Waals surface area contributed by atoms with Crippen molar-refractivity contribution in [1.29, 1.82) is 0 Å². The van der Waals surface area contributed by atoms with E-state index in [1.54, 1.807) is 0 Å². The van der Waals surface area contributed by atoms with Crippen LogP contribution in [0.15, 0.2) is 24.3 Å². The van der Waals surface area contributed by atoms with Crippen LogP contribution in [0.5, 0.6) is 0 Å². The maximum atomic E-state index is 2.59. The van der Waals surface area contributed by atoms with Crippen LogP contribution in [-0.2, 0) is 0 Å². The molecule has 2 spiro atoms. The lowest BCUT2D eigenvalue weighted by Crippen LogP contribution is -2.21. The number of rotatable bonds is 0. The fourth-order valence-electron chi connectivity index (χ4n) is 5.15. The van der Waals surface area contributed by atoms with Gasteiger partial charge in [0.1, 0.15) is 0 Å². The van der Waals surface area contributed by atoms with Gasteiger partial charge < -0.3 is 0 Å². The van der Waals surface area contributed by atoms with Crippen LogP contribution in [0, 0.1) is 34.5 Å². The smallest absolute Gasteiger partial charge is 0.00776 e. The first-order chi connectivity index (χ1) is 6.86. The van der Waals surface area contributed by atoms with E-state index in [1.165, 1.54) is 25.7 Å². The van der Waals surface area contributed by atoms with E-state index in [2.05, 4.69) is 24.3 Å². The molecule has 5 rings (SSSR count). The Bertz CT molecular complexity index is 379. The Kier molecular flexibility index (Phi) is 0.815. The lowest BCUT2D eigenvalue weighted by Gasteiger charge is -2.26. The minimum atomic E-state index is 0.713. The molecule has 0 heterocycles. The van der Waals surface area contributed by atoms with E-state index in [-0.39, 0.29) is 0 Å². The molecule has 0 aromatic rings. The number of fused-ring (bicyclic) bond motifs is 4. The molecule has 3 fully saturated rings. The number of allylic oxidation sites excluding steroid dienone is 4. The van der Waals surface area contributed by atoms with Gasteiger partial charge in [-0.05, 0) is 60.2 Å². The molecule has 0 radical (unpaired) electrons. The minimum Gasteiger partial charge on any atom is -0.0842 e. The van der Waals surface area contributed by atoms with Crippen LogP contribution in [0.3, 0.4) is 0 Å². The van der Waals surface area contributed by atoms with Crippen molar-refractivity contribution in [2.24, 2.45) is 34.5 Å². The second-order valence-electron chi connectivity index (χ2n) is 6.37. The molecular weight excluding hydrogens is 168 g/mol. The van der Waals surface area contributed by atoms with Gasteiger partial charge >= 0.3 is 0 Å². The molecule has 4 atom stereocenters. The molecule has 0 aromatic carbocycles. The fourth-order valence-corrected chi connectivity index (χ4v) is 5.15. The third-order valence-corrected chi connectivity index (χ3v) is 6.04. The van der Waals surface area contributed by atoms with E-state index in [1.807, 2.05) is 0 Å². The summed E-state index contributed by atoms with van der Waals surface area (Å²) in [4.78, 5) is 0. The van der Waals surface area contributed by atoms with Crippen molar-refractivity contribution in [1.82, 2.24) is 0 Å². The van der Waals surface area contributed by atoms with Crippen LogP contribution >= 0.6 is 0 Å². The summed E-state index contributed by atoms with van der Waals surface area (Å²) < 4.78 is 0. The molecule has 0 heteroatoms.